The quantitative estimate of drug-likeness (QED) is 0.883. The molecule has 78 valence electrons. The number of rotatable bonds is 3. The summed E-state index contributed by atoms with van der Waals surface area (Å²) in [4.78, 5) is 0. The third-order valence-electron chi connectivity index (χ3n) is 1.57. The van der Waals surface area contributed by atoms with Crippen LogP contribution in [-0.2, 0) is 6.54 Å². The molecule has 0 fully saturated rings. The largest absolute Gasteiger partial charge is 0.433 e. The van der Waals surface area contributed by atoms with Crippen LogP contribution in [0.25, 0.3) is 0 Å². The van der Waals surface area contributed by atoms with Crippen LogP contribution in [0.15, 0.2) is 12.1 Å². The first-order chi connectivity index (χ1) is 6.56. The number of alkyl halides is 2. The van der Waals surface area contributed by atoms with E-state index in [1.54, 1.807) is 0 Å². The van der Waals surface area contributed by atoms with Crippen molar-refractivity contribution < 1.29 is 13.5 Å². The van der Waals surface area contributed by atoms with E-state index in [-0.39, 0.29) is 17.3 Å². The first-order valence-corrected chi connectivity index (χ1v) is 4.43. The van der Waals surface area contributed by atoms with Crippen LogP contribution in [0.5, 0.6) is 5.75 Å². The Balaban J connectivity index is 3.08. The molecule has 0 radical (unpaired) electrons. The van der Waals surface area contributed by atoms with Gasteiger partial charge < -0.3 is 10.5 Å². The van der Waals surface area contributed by atoms with Crippen molar-refractivity contribution in [3.8, 4) is 5.75 Å². The topological polar surface area (TPSA) is 35.2 Å². The van der Waals surface area contributed by atoms with Crippen molar-refractivity contribution in [2.45, 2.75) is 13.2 Å². The molecule has 1 aromatic carbocycles. The van der Waals surface area contributed by atoms with E-state index in [4.69, 9.17) is 28.9 Å². The Morgan fingerprint density at radius 1 is 1.36 bits per heavy atom. The summed E-state index contributed by atoms with van der Waals surface area (Å²) < 4.78 is 27.9. The van der Waals surface area contributed by atoms with Gasteiger partial charge in [-0.25, -0.2) is 0 Å². The Morgan fingerprint density at radius 2 is 2.00 bits per heavy atom. The average Bonchev–Trinajstić information content (AvgIpc) is 2.10. The molecule has 1 rings (SSSR count). The minimum absolute atomic E-state index is 0.0281. The number of nitrogens with two attached hydrogens (primary N) is 1. The molecule has 0 spiro atoms. The van der Waals surface area contributed by atoms with Gasteiger partial charge in [-0.15, -0.1) is 0 Å². The molecule has 0 atom stereocenters. The van der Waals surface area contributed by atoms with Gasteiger partial charge in [0.25, 0.3) is 0 Å². The lowest BCUT2D eigenvalue weighted by atomic mass is 10.2. The van der Waals surface area contributed by atoms with Crippen LogP contribution in [-0.4, -0.2) is 6.61 Å². The summed E-state index contributed by atoms with van der Waals surface area (Å²) in [6, 6.07) is 2.68. The molecule has 0 saturated carbocycles. The van der Waals surface area contributed by atoms with Crippen molar-refractivity contribution in [2.24, 2.45) is 5.73 Å². The molecule has 2 N–H and O–H groups in total. The molecule has 0 heterocycles. The summed E-state index contributed by atoms with van der Waals surface area (Å²) in [5.74, 6) is -0.119. The van der Waals surface area contributed by atoms with Crippen molar-refractivity contribution >= 4 is 23.2 Å². The Labute approximate surface area is 89.6 Å². The van der Waals surface area contributed by atoms with Crippen molar-refractivity contribution in [3.63, 3.8) is 0 Å². The summed E-state index contributed by atoms with van der Waals surface area (Å²) in [7, 11) is 0. The van der Waals surface area contributed by atoms with Gasteiger partial charge in [-0.05, 0) is 12.1 Å². The highest BCUT2D eigenvalue weighted by molar-refractivity contribution is 6.36. The Kier molecular flexibility index (Phi) is 3.92. The summed E-state index contributed by atoms with van der Waals surface area (Å²) in [6.07, 6.45) is 0. The highest BCUT2D eigenvalue weighted by Crippen LogP contribution is 2.33. The number of halogens is 4. The van der Waals surface area contributed by atoms with Gasteiger partial charge >= 0.3 is 6.61 Å². The first-order valence-electron chi connectivity index (χ1n) is 3.68. The molecular weight excluding hydrogens is 235 g/mol. The SMILES string of the molecule is NCc1c(Cl)ccc(OC(F)F)c1Cl. The highest BCUT2D eigenvalue weighted by Gasteiger charge is 2.13. The predicted octanol–water partition coefficient (Wildman–Crippen LogP) is 3.05. The molecule has 0 unspecified atom stereocenters. The van der Waals surface area contributed by atoms with E-state index in [9.17, 15) is 8.78 Å². The molecule has 14 heavy (non-hydrogen) atoms. The maximum absolute atomic E-state index is 11.9. The van der Waals surface area contributed by atoms with E-state index in [0.717, 1.165) is 0 Å². The average molecular weight is 242 g/mol. The third-order valence-corrected chi connectivity index (χ3v) is 2.34. The van der Waals surface area contributed by atoms with Crippen LogP contribution in [0.4, 0.5) is 8.78 Å². The van der Waals surface area contributed by atoms with E-state index in [0.29, 0.717) is 10.6 Å². The fraction of sp³-hybridized carbons (Fsp3) is 0.250. The zero-order valence-electron chi connectivity index (χ0n) is 6.94. The summed E-state index contributed by atoms with van der Waals surface area (Å²) in [5.41, 5.74) is 5.73. The zero-order valence-corrected chi connectivity index (χ0v) is 8.45. The number of hydrogen-bond donors (Lipinski definition) is 1. The van der Waals surface area contributed by atoms with Crippen LogP contribution < -0.4 is 10.5 Å². The number of benzene rings is 1. The van der Waals surface area contributed by atoms with Gasteiger partial charge in [0.1, 0.15) is 5.75 Å². The molecular formula is C8H7Cl2F2NO. The predicted molar refractivity (Wildman–Crippen MR) is 51.0 cm³/mol. The van der Waals surface area contributed by atoms with Gasteiger partial charge in [-0.2, -0.15) is 8.78 Å². The highest BCUT2D eigenvalue weighted by atomic mass is 35.5. The van der Waals surface area contributed by atoms with Crippen LogP contribution in [0, 0.1) is 0 Å². The van der Waals surface area contributed by atoms with Crippen molar-refractivity contribution in [1.29, 1.82) is 0 Å². The first kappa shape index (κ1) is 11.5. The van der Waals surface area contributed by atoms with E-state index >= 15 is 0 Å². The molecule has 0 aliphatic rings. The molecule has 0 saturated heterocycles. The molecule has 0 aliphatic heterocycles. The second-order valence-corrected chi connectivity index (χ2v) is 3.21. The van der Waals surface area contributed by atoms with Gasteiger partial charge in [-0.3, -0.25) is 0 Å². The van der Waals surface area contributed by atoms with E-state index in [1.807, 2.05) is 0 Å². The number of hydrogen-bond acceptors (Lipinski definition) is 2. The lowest BCUT2D eigenvalue weighted by Crippen LogP contribution is -2.05. The smallest absolute Gasteiger partial charge is 0.387 e. The fourth-order valence-corrected chi connectivity index (χ4v) is 1.52. The second kappa shape index (κ2) is 4.77. The fourth-order valence-electron chi connectivity index (χ4n) is 0.950. The van der Waals surface area contributed by atoms with E-state index in [1.165, 1.54) is 12.1 Å². The van der Waals surface area contributed by atoms with Crippen LogP contribution in [0.3, 0.4) is 0 Å². The van der Waals surface area contributed by atoms with Crippen LogP contribution in [0.1, 0.15) is 5.56 Å². The lowest BCUT2D eigenvalue weighted by molar-refractivity contribution is -0.0498. The maximum atomic E-state index is 11.9. The molecule has 0 aromatic heterocycles. The van der Waals surface area contributed by atoms with E-state index < -0.39 is 6.61 Å². The zero-order chi connectivity index (χ0) is 10.7. The van der Waals surface area contributed by atoms with Gasteiger partial charge in [0.2, 0.25) is 0 Å². The summed E-state index contributed by atoms with van der Waals surface area (Å²) in [5, 5.41) is 0.361. The Bertz CT molecular complexity index is 333. The normalized spacial score (nSPS) is 10.7. The second-order valence-electron chi connectivity index (χ2n) is 2.42. The lowest BCUT2D eigenvalue weighted by Gasteiger charge is -2.10. The molecule has 0 amide bonds. The van der Waals surface area contributed by atoms with Crippen molar-refractivity contribution in [3.05, 3.63) is 27.7 Å². The third kappa shape index (κ3) is 2.47. The van der Waals surface area contributed by atoms with Gasteiger partial charge in [-0.1, -0.05) is 23.2 Å². The Morgan fingerprint density at radius 3 is 2.50 bits per heavy atom. The Hall–Kier alpha value is -0.580. The molecule has 0 aliphatic carbocycles. The summed E-state index contributed by atoms with van der Waals surface area (Å²) >= 11 is 11.5. The molecule has 2 nitrogen and oxygen atoms in total. The monoisotopic (exact) mass is 241 g/mol. The van der Waals surface area contributed by atoms with Crippen LogP contribution in [0.2, 0.25) is 10.0 Å². The summed E-state index contributed by atoms with van der Waals surface area (Å²) in [6.45, 7) is -2.85. The van der Waals surface area contributed by atoms with Gasteiger partial charge in [0, 0.05) is 17.1 Å². The molecule has 0 bridgehead atoms. The molecule has 1 aromatic rings. The van der Waals surface area contributed by atoms with E-state index in [2.05, 4.69) is 4.74 Å². The standard InChI is InChI=1S/C8H7Cl2F2NO/c9-5-1-2-6(14-8(11)12)7(10)4(5)3-13/h1-2,8H,3,13H2. The minimum atomic E-state index is -2.92. The molecule has 6 heteroatoms. The van der Waals surface area contributed by atoms with Gasteiger partial charge in [0.15, 0.2) is 0 Å². The number of ether oxygens (including phenoxy) is 1. The van der Waals surface area contributed by atoms with Gasteiger partial charge in [0.05, 0.1) is 5.02 Å². The van der Waals surface area contributed by atoms with Crippen molar-refractivity contribution in [1.82, 2.24) is 0 Å². The van der Waals surface area contributed by atoms with Crippen molar-refractivity contribution in [2.75, 3.05) is 0 Å². The maximum Gasteiger partial charge on any atom is 0.387 e. The van der Waals surface area contributed by atoms with Crippen LogP contribution >= 0.6 is 23.2 Å². The minimum Gasteiger partial charge on any atom is -0.433 e.